The first-order valence-corrected chi connectivity index (χ1v) is 18.7. The second-order valence-corrected chi connectivity index (χ2v) is 15.5. The van der Waals surface area contributed by atoms with Crippen LogP contribution >= 0.6 is 0 Å². The minimum Gasteiger partial charge on any atom is -0.370 e. The van der Waals surface area contributed by atoms with E-state index in [0.717, 1.165) is 28.2 Å². The standard InChI is InChI=1S/C49H42N2/c1-48(2)40-24-14-13-23-36(40)38-31-43-39(30-42(38)48)37-29-35(25-26-41(37)49(43)27-15-6-16-28-49)47-46(34-21-11-5-12-22-34)50-44(32-17-7-3-8-18-32)45(51-47)33-19-9-4-10-20-33/h3-5,7-14,17-26,29-31,45,51H,6,15-16,27-28H2,1-2H3. The minimum atomic E-state index is -0.0936. The second kappa shape index (κ2) is 11.5. The van der Waals surface area contributed by atoms with Crippen LogP contribution < -0.4 is 5.32 Å². The van der Waals surface area contributed by atoms with Gasteiger partial charge in [-0.15, -0.1) is 0 Å². The molecule has 0 saturated heterocycles. The molecule has 0 aromatic heterocycles. The third-order valence-electron chi connectivity index (χ3n) is 12.3. The molecule has 3 aliphatic carbocycles. The first kappa shape index (κ1) is 30.4. The smallest absolute Gasteiger partial charge is 0.0947 e. The first-order valence-electron chi connectivity index (χ1n) is 18.7. The molecule has 2 nitrogen and oxygen atoms in total. The fourth-order valence-corrected chi connectivity index (χ4v) is 9.82. The second-order valence-electron chi connectivity index (χ2n) is 15.5. The SMILES string of the molecule is CC1(C)c2ccccc2-c2cc3c(cc21)-c1cc(C2=C(c4ccccc4)N=C(c4ccccc4)C(c4ccccc4)N2)ccc1C31CCCCC1. The quantitative estimate of drug-likeness (QED) is 0.200. The summed E-state index contributed by atoms with van der Waals surface area (Å²) in [6.07, 6.45) is 6.31. The van der Waals surface area contributed by atoms with Crippen molar-refractivity contribution in [2.24, 2.45) is 4.99 Å². The summed E-state index contributed by atoms with van der Waals surface area (Å²) in [5, 5.41) is 4.08. The molecule has 1 aliphatic heterocycles. The van der Waals surface area contributed by atoms with Gasteiger partial charge in [0.15, 0.2) is 0 Å². The molecule has 1 fully saturated rings. The lowest BCUT2D eigenvalue weighted by Crippen LogP contribution is -2.32. The molecule has 248 valence electrons. The van der Waals surface area contributed by atoms with E-state index in [-0.39, 0.29) is 16.9 Å². The van der Waals surface area contributed by atoms with Gasteiger partial charge in [0.2, 0.25) is 0 Å². The number of hydrogen-bond acceptors (Lipinski definition) is 2. The largest absolute Gasteiger partial charge is 0.370 e. The van der Waals surface area contributed by atoms with Crippen LogP contribution in [0.5, 0.6) is 0 Å². The van der Waals surface area contributed by atoms with Crippen LogP contribution in [0.15, 0.2) is 151 Å². The fourth-order valence-electron chi connectivity index (χ4n) is 9.82. The average Bonchev–Trinajstić information content (AvgIpc) is 3.58. The van der Waals surface area contributed by atoms with Crippen molar-refractivity contribution in [2.45, 2.75) is 62.8 Å². The highest BCUT2D eigenvalue weighted by molar-refractivity contribution is 6.12. The Kier molecular flexibility index (Phi) is 6.87. The number of benzene rings is 6. The third kappa shape index (κ3) is 4.59. The van der Waals surface area contributed by atoms with Gasteiger partial charge in [-0.1, -0.05) is 161 Å². The molecular weight excluding hydrogens is 617 g/mol. The Labute approximate surface area is 301 Å². The molecule has 0 amide bonds. The number of fused-ring (bicyclic) bond motifs is 8. The zero-order valence-corrected chi connectivity index (χ0v) is 29.4. The van der Waals surface area contributed by atoms with Crippen molar-refractivity contribution in [1.82, 2.24) is 5.32 Å². The number of nitrogens with zero attached hydrogens (tertiary/aromatic N) is 1. The molecule has 1 N–H and O–H groups in total. The molecule has 6 aromatic carbocycles. The van der Waals surface area contributed by atoms with Gasteiger partial charge in [-0.25, -0.2) is 4.99 Å². The van der Waals surface area contributed by atoms with Gasteiger partial charge in [0, 0.05) is 22.0 Å². The summed E-state index contributed by atoms with van der Waals surface area (Å²) in [5.41, 5.74) is 19.4. The lowest BCUT2D eigenvalue weighted by atomic mass is 9.67. The number of nitrogens with one attached hydrogen (secondary N) is 1. The predicted octanol–water partition coefficient (Wildman–Crippen LogP) is 11.9. The van der Waals surface area contributed by atoms with Crippen molar-refractivity contribution in [1.29, 1.82) is 0 Å². The van der Waals surface area contributed by atoms with Gasteiger partial charge < -0.3 is 5.32 Å². The lowest BCUT2D eigenvalue weighted by molar-refractivity contribution is 0.353. The fraction of sp³-hybridized carbons (Fsp3) is 0.204. The summed E-state index contributed by atoms with van der Waals surface area (Å²) in [6.45, 7) is 4.81. The van der Waals surface area contributed by atoms with E-state index >= 15 is 0 Å². The van der Waals surface area contributed by atoms with Crippen LogP contribution in [0.4, 0.5) is 0 Å². The van der Waals surface area contributed by atoms with Crippen LogP contribution in [0.25, 0.3) is 33.6 Å². The maximum atomic E-state index is 5.58. The van der Waals surface area contributed by atoms with Gasteiger partial charge >= 0.3 is 0 Å². The Balaban J connectivity index is 1.20. The highest BCUT2D eigenvalue weighted by Crippen LogP contribution is 2.60. The number of aliphatic imine (C=N–C) groups is 1. The topological polar surface area (TPSA) is 24.4 Å². The van der Waals surface area contributed by atoms with Crippen LogP contribution in [0.3, 0.4) is 0 Å². The maximum Gasteiger partial charge on any atom is 0.0947 e. The summed E-state index contributed by atoms with van der Waals surface area (Å²) in [4.78, 5) is 5.58. The van der Waals surface area contributed by atoms with Crippen molar-refractivity contribution in [3.8, 4) is 22.3 Å². The molecular formula is C49H42N2. The van der Waals surface area contributed by atoms with E-state index in [1.807, 2.05) is 0 Å². The molecule has 6 aromatic rings. The highest BCUT2D eigenvalue weighted by Gasteiger charge is 2.46. The molecule has 51 heavy (non-hydrogen) atoms. The van der Waals surface area contributed by atoms with Gasteiger partial charge in [0.05, 0.1) is 23.1 Å². The van der Waals surface area contributed by atoms with Crippen molar-refractivity contribution < 1.29 is 0 Å². The van der Waals surface area contributed by atoms with Gasteiger partial charge in [-0.2, -0.15) is 0 Å². The lowest BCUT2D eigenvalue weighted by Gasteiger charge is -2.36. The van der Waals surface area contributed by atoms with Crippen molar-refractivity contribution in [2.75, 3.05) is 0 Å². The van der Waals surface area contributed by atoms with E-state index < -0.39 is 0 Å². The molecule has 0 radical (unpaired) electrons. The van der Waals surface area contributed by atoms with E-state index in [1.54, 1.807) is 5.56 Å². The number of rotatable bonds is 4. The van der Waals surface area contributed by atoms with E-state index in [4.69, 9.17) is 4.99 Å². The molecule has 1 atom stereocenters. The number of hydrogen-bond donors (Lipinski definition) is 1. The van der Waals surface area contributed by atoms with Gasteiger partial charge in [0.1, 0.15) is 0 Å². The van der Waals surface area contributed by atoms with Crippen LogP contribution in [-0.2, 0) is 10.8 Å². The van der Waals surface area contributed by atoms with E-state index in [1.165, 1.54) is 82.2 Å². The van der Waals surface area contributed by atoms with Gasteiger partial charge in [-0.05, 0) is 86.7 Å². The molecule has 1 saturated carbocycles. The molecule has 4 aliphatic rings. The van der Waals surface area contributed by atoms with Crippen molar-refractivity contribution >= 4 is 17.1 Å². The Morgan fingerprint density at radius 2 is 1.12 bits per heavy atom. The zero-order valence-electron chi connectivity index (χ0n) is 29.4. The van der Waals surface area contributed by atoms with E-state index in [9.17, 15) is 0 Å². The molecule has 2 heteroatoms. The summed E-state index contributed by atoms with van der Waals surface area (Å²) >= 11 is 0. The predicted molar refractivity (Wildman–Crippen MR) is 212 cm³/mol. The minimum absolute atomic E-state index is 0.0412. The van der Waals surface area contributed by atoms with Crippen molar-refractivity contribution in [3.63, 3.8) is 0 Å². The summed E-state index contributed by atoms with van der Waals surface area (Å²) in [6, 6.07) is 53.7. The van der Waals surface area contributed by atoms with Crippen LogP contribution in [0.2, 0.25) is 0 Å². The average molecular weight is 659 g/mol. The normalized spacial score (nSPS) is 19.1. The third-order valence-corrected chi connectivity index (χ3v) is 12.3. The van der Waals surface area contributed by atoms with Gasteiger partial charge in [0.25, 0.3) is 0 Å². The summed E-state index contributed by atoms with van der Waals surface area (Å²) in [7, 11) is 0. The Hall–Kier alpha value is -5.47. The van der Waals surface area contributed by atoms with Crippen LogP contribution in [-0.4, -0.2) is 5.71 Å². The van der Waals surface area contributed by atoms with Gasteiger partial charge in [-0.3, -0.25) is 0 Å². The maximum absolute atomic E-state index is 5.58. The zero-order chi connectivity index (χ0) is 34.2. The molecule has 1 heterocycles. The summed E-state index contributed by atoms with van der Waals surface area (Å²) in [5.74, 6) is 0. The van der Waals surface area contributed by atoms with Crippen LogP contribution in [0.1, 0.15) is 96.5 Å². The summed E-state index contributed by atoms with van der Waals surface area (Å²) < 4.78 is 0. The Bertz CT molecular complexity index is 2370. The molecule has 10 rings (SSSR count). The Morgan fingerprint density at radius 1 is 0.510 bits per heavy atom. The molecule has 1 unspecified atom stereocenters. The molecule has 0 bridgehead atoms. The van der Waals surface area contributed by atoms with Crippen LogP contribution in [0, 0.1) is 0 Å². The van der Waals surface area contributed by atoms with E-state index in [0.29, 0.717) is 0 Å². The monoisotopic (exact) mass is 658 g/mol. The van der Waals surface area contributed by atoms with Crippen molar-refractivity contribution in [3.05, 3.63) is 190 Å². The van der Waals surface area contributed by atoms with E-state index in [2.05, 4.69) is 165 Å². The first-order chi connectivity index (χ1) is 25.0. The molecule has 1 spiro atoms. The Morgan fingerprint density at radius 3 is 1.86 bits per heavy atom. The highest BCUT2D eigenvalue weighted by atomic mass is 15.0.